The molecule has 0 amide bonds. The molecule has 2 aliphatic rings. The number of unbranched alkanes of at least 4 members (excludes halogenated alkanes) is 1. The fourth-order valence-corrected chi connectivity index (χ4v) is 3.99. The van der Waals surface area contributed by atoms with E-state index in [1.54, 1.807) is 0 Å². The summed E-state index contributed by atoms with van der Waals surface area (Å²) < 4.78 is 11.8. The van der Waals surface area contributed by atoms with E-state index in [4.69, 9.17) is 9.47 Å². The lowest BCUT2D eigenvalue weighted by Crippen LogP contribution is -2.64. The van der Waals surface area contributed by atoms with Crippen molar-refractivity contribution in [1.82, 2.24) is 5.32 Å². The van der Waals surface area contributed by atoms with Gasteiger partial charge < -0.3 is 14.8 Å². The quantitative estimate of drug-likeness (QED) is 0.657. The van der Waals surface area contributed by atoms with Gasteiger partial charge >= 0.3 is 0 Å². The summed E-state index contributed by atoms with van der Waals surface area (Å²) in [5, 5.41) is 3.68. The number of rotatable bonds is 9. The van der Waals surface area contributed by atoms with Crippen LogP contribution in [-0.4, -0.2) is 38.5 Å². The lowest BCUT2D eigenvalue weighted by Gasteiger charge is -2.58. The summed E-state index contributed by atoms with van der Waals surface area (Å²) in [7, 11) is 0. The molecule has 3 heteroatoms. The molecule has 2 unspecified atom stereocenters. The molecule has 3 nitrogen and oxygen atoms in total. The van der Waals surface area contributed by atoms with Gasteiger partial charge in [-0.05, 0) is 32.2 Å². The van der Waals surface area contributed by atoms with Crippen molar-refractivity contribution in [2.75, 3.05) is 26.4 Å². The lowest BCUT2D eigenvalue weighted by atomic mass is 9.55. The molecule has 0 aromatic rings. The van der Waals surface area contributed by atoms with Gasteiger partial charge in [-0.2, -0.15) is 0 Å². The third kappa shape index (κ3) is 3.75. The molecule has 0 heterocycles. The van der Waals surface area contributed by atoms with Gasteiger partial charge in [-0.1, -0.05) is 39.5 Å². The summed E-state index contributed by atoms with van der Waals surface area (Å²) >= 11 is 0. The van der Waals surface area contributed by atoms with Crippen LogP contribution in [0.25, 0.3) is 0 Å². The van der Waals surface area contributed by atoms with Crippen LogP contribution < -0.4 is 5.32 Å². The van der Waals surface area contributed by atoms with Gasteiger partial charge in [0, 0.05) is 18.1 Å². The molecule has 0 aliphatic heterocycles. The van der Waals surface area contributed by atoms with Crippen molar-refractivity contribution in [2.24, 2.45) is 5.41 Å². The second-order valence-corrected chi connectivity index (χ2v) is 6.47. The number of ether oxygens (including phenoxy) is 2. The van der Waals surface area contributed by atoms with Crippen LogP contribution in [0.2, 0.25) is 0 Å². The van der Waals surface area contributed by atoms with Crippen molar-refractivity contribution in [3.8, 4) is 0 Å². The summed E-state index contributed by atoms with van der Waals surface area (Å²) in [6, 6.07) is 0.693. The van der Waals surface area contributed by atoms with Crippen molar-refractivity contribution >= 4 is 0 Å². The Morgan fingerprint density at radius 1 is 1.05 bits per heavy atom. The normalized spacial score (nSPS) is 28.5. The first-order valence-electron chi connectivity index (χ1n) is 8.76. The van der Waals surface area contributed by atoms with Crippen molar-refractivity contribution in [2.45, 2.75) is 77.4 Å². The summed E-state index contributed by atoms with van der Waals surface area (Å²) in [6.07, 6.45) is 10.9. The molecule has 2 aliphatic carbocycles. The molecule has 1 spiro atoms. The van der Waals surface area contributed by atoms with Crippen LogP contribution in [0.3, 0.4) is 0 Å². The number of nitrogens with one attached hydrogen (secondary N) is 1. The van der Waals surface area contributed by atoms with Gasteiger partial charge in [-0.15, -0.1) is 0 Å². The molecule has 1 N–H and O–H groups in total. The van der Waals surface area contributed by atoms with Gasteiger partial charge in [-0.25, -0.2) is 0 Å². The van der Waals surface area contributed by atoms with Gasteiger partial charge in [-0.3, -0.25) is 0 Å². The molecule has 0 radical (unpaired) electrons. The minimum absolute atomic E-state index is 0.442. The van der Waals surface area contributed by atoms with Crippen molar-refractivity contribution in [3.05, 3.63) is 0 Å². The Bertz CT molecular complexity index is 264. The zero-order chi connectivity index (χ0) is 14.3. The maximum Gasteiger partial charge on any atom is 0.0704 e. The van der Waals surface area contributed by atoms with Crippen molar-refractivity contribution in [3.63, 3.8) is 0 Å². The van der Waals surface area contributed by atoms with E-state index in [1.807, 2.05) is 0 Å². The summed E-state index contributed by atoms with van der Waals surface area (Å²) in [4.78, 5) is 0. The van der Waals surface area contributed by atoms with E-state index in [0.29, 0.717) is 17.6 Å². The molecule has 118 valence electrons. The predicted octanol–water partition coefficient (Wildman–Crippen LogP) is 3.52. The molecule has 0 aromatic heterocycles. The topological polar surface area (TPSA) is 30.5 Å². The first kappa shape index (κ1) is 16.3. The molecule has 0 saturated heterocycles. The van der Waals surface area contributed by atoms with Gasteiger partial charge in [0.2, 0.25) is 0 Å². The van der Waals surface area contributed by atoms with Crippen LogP contribution in [-0.2, 0) is 9.47 Å². The molecule has 0 bridgehead atoms. The fourth-order valence-electron chi connectivity index (χ4n) is 3.99. The Morgan fingerprint density at radius 3 is 2.55 bits per heavy atom. The first-order chi connectivity index (χ1) is 9.83. The van der Waals surface area contributed by atoms with Crippen LogP contribution in [0.4, 0.5) is 0 Å². The van der Waals surface area contributed by atoms with Crippen molar-refractivity contribution in [1.29, 1.82) is 0 Å². The smallest absolute Gasteiger partial charge is 0.0704 e. The zero-order valence-corrected chi connectivity index (χ0v) is 13.5. The third-order valence-corrected chi connectivity index (χ3v) is 5.21. The maximum absolute atomic E-state index is 6.16. The largest absolute Gasteiger partial charge is 0.379 e. The first-order valence-corrected chi connectivity index (χ1v) is 8.76. The fraction of sp³-hybridized carbons (Fsp3) is 1.00. The summed E-state index contributed by atoms with van der Waals surface area (Å²) in [6.45, 7) is 7.91. The van der Waals surface area contributed by atoms with E-state index in [-0.39, 0.29) is 0 Å². The number of hydrogen-bond acceptors (Lipinski definition) is 3. The predicted molar refractivity (Wildman–Crippen MR) is 83.1 cm³/mol. The minimum atomic E-state index is 0.442. The minimum Gasteiger partial charge on any atom is -0.379 e. The highest BCUT2D eigenvalue weighted by Crippen LogP contribution is 2.53. The van der Waals surface area contributed by atoms with E-state index < -0.39 is 0 Å². The Kier molecular flexibility index (Phi) is 6.79. The third-order valence-electron chi connectivity index (χ3n) is 5.21. The highest BCUT2D eigenvalue weighted by atomic mass is 16.5. The number of hydrogen-bond donors (Lipinski definition) is 1. The Hall–Kier alpha value is -0.120. The maximum atomic E-state index is 6.16. The molecule has 20 heavy (non-hydrogen) atoms. The highest BCUT2D eigenvalue weighted by molar-refractivity contribution is 5.08. The monoisotopic (exact) mass is 283 g/mol. The second-order valence-electron chi connectivity index (χ2n) is 6.47. The molecular formula is C17H33NO2. The van der Waals surface area contributed by atoms with Crippen LogP contribution in [0.5, 0.6) is 0 Å². The van der Waals surface area contributed by atoms with Crippen LogP contribution >= 0.6 is 0 Å². The average Bonchev–Trinajstić information content (AvgIpc) is 2.49. The Morgan fingerprint density at radius 2 is 1.85 bits per heavy atom. The van der Waals surface area contributed by atoms with Gasteiger partial charge in [0.05, 0.1) is 19.3 Å². The van der Waals surface area contributed by atoms with Crippen LogP contribution in [0.1, 0.15) is 65.2 Å². The SMILES string of the molecule is CCCCOCCOC1CC(NCC)C12CCCCC2. The van der Waals surface area contributed by atoms with Gasteiger partial charge in [0.25, 0.3) is 0 Å². The van der Waals surface area contributed by atoms with E-state index in [1.165, 1.54) is 44.9 Å². The van der Waals surface area contributed by atoms with E-state index >= 15 is 0 Å². The summed E-state index contributed by atoms with van der Waals surface area (Å²) in [5.41, 5.74) is 0.442. The second kappa shape index (κ2) is 8.35. The van der Waals surface area contributed by atoms with Gasteiger partial charge in [0.15, 0.2) is 0 Å². The van der Waals surface area contributed by atoms with Crippen molar-refractivity contribution < 1.29 is 9.47 Å². The Labute approximate surface area is 124 Å². The molecule has 2 atom stereocenters. The lowest BCUT2D eigenvalue weighted by molar-refractivity contribution is -0.158. The van der Waals surface area contributed by atoms with Crippen LogP contribution in [0, 0.1) is 5.41 Å². The standard InChI is InChI=1S/C17H33NO2/c1-3-5-11-19-12-13-20-16-14-15(18-4-2)17(16)9-7-6-8-10-17/h15-16,18H,3-14H2,1-2H3. The van der Waals surface area contributed by atoms with E-state index in [9.17, 15) is 0 Å². The molecule has 2 rings (SSSR count). The molecule has 0 aromatic carbocycles. The average molecular weight is 283 g/mol. The van der Waals surface area contributed by atoms with Gasteiger partial charge in [0.1, 0.15) is 0 Å². The zero-order valence-electron chi connectivity index (χ0n) is 13.5. The molecule has 2 saturated carbocycles. The van der Waals surface area contributed by atoms with E-state index in [2.05, 4.69) is 19.2 Å². The Balaban J connectivity index is 1.71. The highest BCUT2D eigenvalue weighted by Gasteiger charge is 2.55. The molecular weight excluding hydrogens is 250 g/mol. The summed E-state index contributed by atoms with van der Waals surface area (Å²) in [5.74, 6) is 0. The van der Waals surface area contributed by atoms with Crippen LogP contribution in [0.15, 0.2) is 0 Å². The molecule has 2 fully saturated rings. The van der Waals surface area contributed by atoms with E-state index in [0.717, 1.165) is 32.8 Å².